The van der Waals surface area contributed by atoms with Crippen LogP contribution in [0, 0.1) is 0 Å². The van der Waals surface area contributed by atoms with E-state index in [1.165, 1.54) is 0 Å². The number of hydrogen-bond donors (Lipinski definition) is 1. The van der Waals surface area contributed by atoms with Crippen LogP contribution in [-0.2, 0) is 0 Å². The topological polar surface area (TPSA) is 63.1 Å². The van der Waals surface area contributed by atoms with Crippen molar-refractivity contribution in [3.63, 3.8) is 0 Å². The van der Waals surface area contributed by atoms with E-state index in [2.05, 4.69) is 25.9 Å². The van der Waals surface area contributed by atoms with Gasteiger partial charge in [-0.1, -0.05) is 11.6 Å². The van der Waals surface area contributed by atoms with E-state index in [1.807, 2.05) is 0 Å². The van der Waals surface area contributed by atoms with Gasteiger partial charge in [-0.05, 0) is 34.1 Å². The lowest BCUT2D eigenvalue weighted by molar-refractivity contribution is 0.0689. The molecule has 0 aliphatic carbocycles. The first-order valence-corrected chi connectivity index (χ1v) is 5.11. The Hall–Kier alpha value is -1.20. The number of aromatic nitrogens is 2. The van der Waals surface area contributed by atoms with Crippen molar-refractivity contribution < 1.29 is 9.90 Å². The Balaban J connectivity index is 2.76. The van der Waals surface area contributed by atoms with Crippen molar-refractivity contribution in [1.82, 2.24) is 9.97 Å². The van der Waals surface area contributed by atoms with Crippen LogP contribution in [0.15, 0.2) is 22.8 Å². The molecule has 0 unspecified atom stereocenters. The van der Waals surface area contributed by atoms with Crippen LogP contribution in [0.5, 0.6) is 0 Å². The molecule has 0 aliphatic rings. The van der Waals surface area contributed by atoms with Gasteiger partial charge in [-0.15, -0.1) is 0 Å². The van der Waals surface area contributed by atoms with Gasteiger partial charge in [-0.2, -0.15) is 0 Å². The Labute approximate surface area is 98.0 Å². The van der Waals surface area contributed by atoms with Gasteiger partial charge in [0.1, 0.15) is 4.60 Å². The minimum atomic E-state index is -1.12. The summed E-state index contributed by atoms with van der Waals surface area (Å²) in [6.45, 7) is 0. The number of aromatic carboxylic acids is 1. The third-order valence-electron chi connectivity index (χ3n) is 1.79. The normalized spacial score (nSPS) is 10.5. The highest BCUT2D eigenvalue weighted by Gasteiger charge is 2.12. The van der Waals surface area contributed by atoms with E-state index in [0.717, 1.165) is 0 Å². The second-order valence-corrected chi connectivity index (χ2v) is 3.99. The number of halogens is 2. The maximum Gasteiger partial charge on any atom is 0.357 e. The molecular formula is C9H4BrClN2O2. The fourth-order valence-corrected chi connectivity index (χ4v) is 1.76. The molecule has 0 amide bonds. The molecule has 0 radical (unpaired) electrons. The van der Waals surface area contributed by atoms with E-state index in [9.17, 15) is 4.79 Å². The molecule has 2 rings (SSSR count). The lowest BCUT2D eigenvalue weighted by Crippen LogP contribution is -2.03. The number of fused-ring (bicyclic) bond motifs is 1. The van der Waals surface area contributed by atoms with Crippen molar-refractivity contribution in [2.45, 2.75) is 0 Å². The lowest BCUT2D eigenvalue weighted by Gasteiger charge is -2.01. The second-order valence-electron chi connectivity index (χ2n) is 2.80. The maximum atomic E-state index is 10.8. The van der Waals surface area contributed by atoms with Gasteiger partial charge in [0.05, 0.1) is 11.0 Å². The van der Waals surface area contributed by atoms with E-state index < -0.39 is 5.97 Å². The largest absolute Gasteiger partial charge is 0.476 e. The fraction of sp³-hybridized carbons (Fsp3) is 0. The predicted octanol–water partition coefficient (Wildman–Crippen LogP) is 2.74. The van der Waals surface area contributed by atoms with E-state index in [0.29, 0.717) is 16.1 Å². The molecule has 4 nitrogen and oxygen atoms in total. The molecule has 0 saturated heterocycles. The van der Waals surface area contributed by atoms with E-state index >= 15 is 0 Å². The van der Waals surface area contributed by atoms with Gasteiger partial charge in [0.25, 0.3) is 0 Å². The van der Waals surface area contributed by atoms with Gasteiger partial charge in [-0.25, -0.2) is 14.8 Å². The molecule has 15 heavy (non-hydrogen) atoms. The highest BCUT2D eigenvalue weighted by molar-refractivity contribution is 9.10. The zero-order chi connectivity index (χ0) is 11.0. The Morgan fingerprint density at radius 2 is 2.07 bits per heavy atom. The number of carboxylic acids is 1. The van der Waals surface area contributed by atoms with Crippen LogP contribution in [0.2, 0.25) is 5.02 Å². The average molecular weight is 288 g/mol. The van der Waals surface area contributed by atoms with Crippen LogP contribution >= 0.6 is 27.5 Å². The summed E-state index contributed by atoms with van der Waals surface area (Å²) in [5.74, 6) is -1.12. The molecule has 1 N–H and O–H groups in total. The number of benzene rings is 1. The van der Waals surface area contributed by atoms with Crippen LogP contribution in [0.4, 0.5) is 0 Å². The second kappa shape index (κ2) is 3.75. The minimum absolute atomic E-state index is 0.107. The predicted molar refractivity (Wildman–Crippen MR) is 59.2 cm³/mol. The molecule has 0 fully saturated rings. The van der Waals surface area contributed by atoms with Crippen LogP contribution in [0.25, 0.3) is 11.0 Å². The van der Waals surface area contributed by atoms with Gasteiger partial charge in [0.2, 0.25) is 0 Å². The fourth-order valence-electron chi connectivity index (χ4n) is 1.14. The van der Waals surface area contributed by atoms with E-state index in [1.54, 1.807) is 18.2 Å². The van der Waals surface area contributed by atoms with Crippen molar-refractivity contribution in [3.8, 4) is 0 Å². The Kier molecular flexibility index (Phi) is 2.58. The van der Waals surface area contributed by atoms with E-state index in [4.69, 9.17) is 16.7 Å². The summed E-state index contributed by atoms with van der Waals surface area (Å²) in [7, 11) is 0. The molecule has 0 aliphatic heterocycles. The van der Waals surface area contributed by atoms with Crippen molar-refractivity contribution in [2.75, 3.05) is 0 Å². The Morgan fingerprint density at radius 3 is 2.73 bits per heavy atom. The number of nitrogens with zero attached hydrogens (tertiary/aromatic N) is 2. The molecule has 0 saturated carbocycles. The van der Waals surface area contributed by atoms with E-state index in [-0.39, 0.29) is 10.3 Å². The molecule has 1 aromatic carbocycles. The zero-order valence-corrected chi connectivity index (χ0v) is 9.58. The van der Waals surface area contributed by atoms with Gasteiger partial charge in [-0.3, -0.25) is 0 Å². The summed E-state index contributed by atoms with van der Waals surface area (Å²) in [6, 6.07) is 4.89. The van der Waals surface area contributed by atoms with Crippen LogP contribution in [0.3, 0.4) is 0 Å². The van der Waals surface area contributed by atoms with Crippen molar-refractivity contribution in [3.05, 3.63) is 33.5 Å². The first-order valence-electron chi connectivity index (χ1n) is 3.94. The van der Waals surface area contributed by atoms with Crippen LogP contribution < -0.4 is 0 Å². The summed E-state index contributed by atoms with van der Waals surface area (Å²) in [6.07, 6.45) is 0. The molecule has 1 heterocycles. The maximum absolute atomic E-state index is 10.8. The molecule has 0 spiro atoms. The summed E-state index contributed by atoms with van der Waals surface area (Å²) >= 11 is 8.82. The number of carboxylic acid groups (broad SMARTS) is 1. The summed E-state index contributed by atoms with van der Waals surface area (Å²) in [5.41, 5.74) is 0.948. The standard InChI is InChI=1S/C9H4BrClN2O2/c10-8-7(9(14)15)12-5-2-1-4(11)3-6(5)13-8/h1-3H,(H,14,15). The average Bonchev–Trinajstić information content (AvgIpc) is 2.15. The van der Waals surface area contributed by atoms with Crippen molar-refractivity contribution >= 4 is 44.5 Å². The van der Waals surface area contributed by atoms with Crippen LogP contribution in [-0.4, -0.2) is 21.0 Å². The molecule has 6 heteroatoms. The molecule has 1 aromatic heterocycles. The number of rotatable bonds is 1. The third kappa shape index (κ3) is 1.93. The highest BCUT2D eigenvalue weighted by Crippen LogP contribution is 2.20. The van der Waals surface area contributed by atoms with Crippen molar-refractivity contribution in [1.29, 1.82) is 0 Å². The molecular weight excluding hydrogens is 283 g/mol. The highest BCUT2D eigenvalue weighted by atomic mass is 79.9. The summed E-state index contributed by atoms with van der Waals surface area (Å²) in [5, 5.41) is 9.36. The third-order valence-corrected chi connectivity index (χ3v) is 2.57. The molecule has 76 valence electrons. The van der Waals surface area contributed by atoms with Crippen LogP contribution in [0.1, 0.15) is 10.5 Å². The summed E-state index contributed by atoms with van der Waals surface area (Å²) < 4.78 is 0.199. The smallest absolute Gasteiger partial charge is 0.357 e. The number of carbonyl (C=O) groups is 1. The Bertz CT molecular complexity index is 559. The first-order chi connectivity index (χ1) is 7.08. The Morgan fingerprint density at radius 1 is 1.33 bits per heavy atom. The molecule has 2 aromatic rings. The van der Waals surface area contributed by atoms with Gasteiger partial charge >= 0.3 is 5.97 Å². The van der Waals surface area contributed by atoms with Gasteiger partial charge in [0, 0.05) is 5.02 Å². The lowest BCUT2D eigenvalue weighted by atomic mass is 10.3. The van der Waals surface area contributed by atoms with Crippen molar-refractivity contribution in [2.24, 2.45) is 0 Å². The first kappa shape index (κ1) is 10.3. The monoisotopic (exact) mass is 286 g/mol. The molecule has 0 bridgehead atoms. The van der Waals surface area contributed by atoms with Gasteiger partial charge < -0.3 is 5.11 Å². The summed E-state index contributed by atoms with van der Waals surface area (Å²) in [4.78, 5) is 18.8. The SMILES string of the molecule is O=C(O)c1nc2ccc(Cl)cc2nc1Br. The minimum Gasteiger partial charge on any atom is -0.476 e. The quantitative estimate of drug-likeness (QED) is 0.876. The molecule has 0 atom stereocenters. The zero-order valence-electron chi connectivity index (χ0n) is 7.24. The number of hydrogen-bond acceptors (Lipinski definition) is 3. The van der Waals surface area contributed by atoms with Gasteiger partial charge in [0.15, 0.2) is 5.69 Å².